The SMILES string of the molecule is CS(=O)(=O)Nc1nn(CC(F)(F)F)c2c(-n3c([C@H](Cc4cc(F)cc(F)c4)NC(=O)Cn4ccc(C5CC5)n4)nc4nc(-c5ccccc5F)ccc4c3=O)ccc(Cl)c12. The van der Waals surface area contributed by atoms with Gasteiger partial charge >= 0.3 is 6.18 Å². The van der Waals surface area contributed by atoms with Crippen molar-refractivity contribution in [3.05, 3.63) is 129 Å². The number of rotatable bonds is 12. The number of nitrogens with one attached hydrogen (secondary N) is 2. The maximum absolute atomic E-state index is 15.0. The van der Waals surface area contributed by atoms with E-state index in [1.165, 1.54) is 47.1 Å². The standard InChI is InChI=1S/C39H30ClF6N9O4S/c1-60(58,59)52-36-33-26(40)9-11-31(34(33)54(51-36)19-39(44,45)46)55-37(49-35-25(38(55)57)8-10-29(48-35)24-4-2-3-5-27(24)43)30(16-20-14-22(41)17-23(42)15-20)47-32(56)18-53-13-12-28(50-53)21-6-7-21/h2-5,8-15,17,21,30H,6-7,16,18-19H2,1H3,(H,47,56)(H,51,52)/t30-/m0/s1. The molecule has 4 heterocycles. The van der Waals surface area contributed by atoms with Crippen LogP contribution >= 0.6 is 11.6 Å². The van der Waals surface area contributed by atoms with E-state index in [2.05, 4.69) is 30.2 Å². The van der Waals surface area contributed by atoms with Crippen LogP contribution in [0.25, 0.3) is 38.9 Å². The number of aromatic nitrogens is 7. The van der Waals surface area contributed by atoms with Crippen LogP contribution in [0.4, 0.5) is 32.2 Å². The minimum absolute atomic E-state index is 0.0233. The number of hydrogen-bond donors (Lipinski definition) is 2. The van der Waals surface area contributed by atoms with Gasteiger partial charge in [-0.25, -0.2) is 31.6 Å². The fourth-order valence-corrected chi connectivity index (χ4v) is 7.70. The van der Waals surface area contributed by atoms with Crippen LogP contribution < -0.4 is 15.6 Å². The molecule has 0 saturated heterocycles. The number of carbonyl (C=O) groups is 1. The van der Waals surface area contributed by atoms with Crippen molar-refractivity contribution in [2.75, 3.05) is 11.0 Å². The highest BCUT2D eigenvalue weighted by atomic mass is 35.5. The van der Waals surface area contributed by atoms with Crippen molar-refractivity contribution in [3.8, 4) is 16.9 Å². The number of carbonyl (C=O) groups excluding carboxylic acids is 1. The molecule has 2 N–H and O–H groups in total. The highest BCUT2D eigenvalue weighted by molar-refractivity contribution is 7.92. The Morgan fingerprint density at radius 2 is 1.70 bits per heavy atom. The first-order valence-corrected chi connectivity index (χ1v) is 20.4. The van der Waals surface area contributed by atoms with E-state index in [1.54, 1.807) is 18.3 Å². The predicted octanol–water partition coefficient (Wildman–Crippen LogP) is 6.98. The van der Waals surface area contributed by atoms with Crippen molar-refractivity contribution >= 4 is 55.3 Å². The Balaban J connectivity index is 1.39. The first-order chi connectivity index (χ1) is 28.4. The molecule has 0 bridgehead atoms. The summed E-state index contributed by atoms with van der Waals surface area (Å²) < 4.78 is 116. The summed E-state index contributed by atoms with van der Waals surface area (Å²) in [5.74, 6) is -4.03. The number of nitrogens with zero attached hydrogens (tertiary/aromatic N) is 7. The molecule has 1 saturated carbocycles. The first-order valence-electron chi connectivity index (χ1n) is 18.1. The number of pyridine rings is 1. The Bertz CT molecular complexity index is 3000. The molecular weight excluding hydrogens is 840 g/mol. The number of anilines is 1. The number of fused-ring (bicyclic) bond motifs is 2. The second-order valence-corrected chi connectivity index (χ2v) is 16.4. The van der Waals surface area contributed by atoms with Crippen LogP contribution in [0.2, 0.25) is 5.02 Å². The summed E-state index contributed by atoms with van der Waals surface area (Å²) in [6, 6.07) is 13.5. The summed E-state index contributed by atoms with van der Waals surface area (Å²) >= 11 is 6.52. The van der Waals surface area contributed by atoms with E-state index >= 15 is 0 Å². The van der Waals surface area contributed by atoms with Crippen molar-refractivity contribution in [2.24, 2.45) is 0 Å². The lowest BCUT2D eigenvalue weighted by molar-refractivity contribution is -0.141. The highest BCUT2D eigenvalue weighted by Crippen LogP contribution is 2.39. The fraction of sp³-hybridized carbons (Fsp3) is 0.231. The minimum Gasteiger partial charge on any atom is -0.344 e. The Morgan fingerprint density at radius 1 is 0.967 bits per heavy atom. The van der Waals surface area contributed by atoms with Gasteiger partial charge in [0.1, 0.15) is 36.4 Å². The molecule has 3 aromatic carbocycles. The maximum Gasteiger partial charge on any atom is 0.408 e. The van der Waals surface area contributed by atoms with Crippen molar-refractivity contribution in [1.82, 2.24) is 39.4 Å². The zero-order valence-electron chi connectivity index (χ0n) is 31.0. The van der Waals surface area contributed by atoms with Crippen molar-refractivity contribution in [3.63, 3.8) is 0 Å². The van der Waals surface area contributed by atoms with Crippen LogP contribution in [0.15, 0.2) is 83.8 Å². The topological polar surface area (TPSA) is 159 Å². The quantitative estimate of drug-likeness (QED) is 0.125. The zero-order valence-corrected chi connectivity index (χ0v) is 32.6. The van der Waals surface area contributed by atoms with Crippen molar-refractivity contribution in [1.29, 1.82) is 0 Å². The molecule has 0 radical (unpaired) electrons. The maximum atomic E-state index is 15.0. The lowest BCUT2D eigenvalue weighted by Gasteiger charge is -2.24. The highest BCUT2D eigenvalue weighted by Gasteiger charge is 2.34. The van der Waals surface area contributed by atoms with Gasteiger partial charge in [0.05, 0.1) is 50.7 Å². The summed E-state index contributed by atoms with van der Waals surface area (Å²) in [7, 11) is -4.16. The lowest BCUT2D eigenvalue weighted by Crippen LogP contribution is -2.37. The van der Waals surface area contributed by atoms with E-state index in [1.807, 2.05) is 0 Å². The molecule has 21 heteroatoms. The van der Waals surface area contributed by atoms with E-state index in [0.717, 1.165) is 41.5 Å². The van der Waals surface area contributed by atoms with E-state index in [9.17, 15) is 44.3 Å². The van der Waals surface area contributed by atoms with Crippen LogP contribution in [-0.4, -0.2) is 60.9 Å². The largest absolute Gasteiger partial charge is 0.408 e. The molecule has 7 aromatic rings. The van der Waals surface area contributed by atoms with E-state index in [4.69, 9.17) is 11.6 Å². The molecule has 1 amide bonds. The van der Waals surface area contributed by atoms with Gasteiger partial charge in [-0.3, -0.25) is 28.2 Å². The third kappa shape index (κ3) is 8.55. The van der Waals surface area contributed by atoms with Gasteiger partial charge in [0.25, 0.3) is 5.56 Å². The second-order valence-electron chi connectivity index (χ2n) is 14.3. The fourth-order valence-electron chi connectivity index (χ4n) is 6.96. The Morgan fingerprint density at radius 3 is 2.38 bits per heavy atom. The minimum atomic E-state index is -4.94. The molecule has 0 aliphatic heterocycles. The molecule has 0 spiro atoms. The van der Waals surface area contributed by atoms with Crippen LogP contribution in [0.3, 0.4) is 0 Å². The van der Waals surface area contributed by atoms with Gasteiger partial charge in [-0.05, 0) is 73.0 Å². The molecule has 1 atom stereocenters. The van der Waals surface area contributed by atoms with Gasteiger partial charge in [-0.2, -0.15) is 23.4 Å². The molecule has 13 nitrogen and oxygen atoms in total. The Hall–Kier alpha value is -6.28. The van der Waals surface area contributed by atoms with Gasteiger partial charge in [0.15, 0.2) is 11.5 Å². The predicted molar refractivity (Wildman–Crippen MR) is 208 cm³/mol. The molecule has 8 rings (SSSR count). The first kappa shape index (κ1) is 40.5. The van der Waals surface area contributed by atoms with Gasteiger partial charge in [0.2, 0.25) is 15.9 Å². The Kier molecular flexibility index (Phi) is 10.4. The number of benzene rings is 3. The molecule has 1 aliphatic carbocycles. The Labute approximate surface area is 340 Å². The summed E-state index contributed by atoms with van der Waals surface area (Å²) in [6.45, 7) is -2.14. The molecule has 0 unspecified atom stereocenters. The molecule has 4 aromatic heterocycles. The number of alkyl halides is 3. The van der Waals surface area contributed by atoms with Crippen molar-refractivity contribution < 1.29 is 39.6 Å². The molecule has 1 aliphatic rings. The summed E-state index contributed by atoms with van der Waals surface area (Å²) in [5, 5.41) is 10.3. The summed E-state index contributed by atoms with van der Waals surface area (Å²) in [5.41, 5.74) is -1.24. The zero-order chi connectivity index (χ0) is 42.7. The second kappa shape index (κ2) is 15.4. The third-order valence-electron chi connectivity index (χ3n) is 9.55. The van der Waals surface area contributed by atoms with E-state index < -0.39 is 81.3 Å². The van der Waals surface area contributed by atoms with Crippen LogP contribution in [0.1, 0.15) is 41.9 Å². The number of sulfonamides is 1. The molecule has 310 valence electrons. The average molecular weight is 870 g/mol. The van der Waals surface area contributed by atoms with Crippen LogP contribution in [-0.2, 0) is 34.3 Å². The smallest absolute Gasteiger partial charge is 0.344 e. The number of halogens is 7. The molecule has 1 fully saturated rings. The molecule has 60 heavy (non-hydrogen) atoms. The number of amides is 1. The van der Waals surface area contributed by atoms with Gasteiger partial charge < -0.3 is 5.32 Å². The summed E-state index contributed by atoms with van der Waals surface area (Å²) in [6.07, 6.45) is -1.16. The third-order valence-corrected chi connectivity index (χ3v) is 10.4. The van der Waals surface area contributed by atoms with E-state index in [0.29, 0.717) is 10.7 Å². The van der Waals surface area contributed by atoms with E-state index in [-0.39, 0.29) is 56.4 Å². The lowest BCUT2D eigenvalue weighted by atomic mass is 10.0. The van der Waals surface area contributed by atoms with Crippen LogP contribution in [0.5, 0.6) is 0 Å². The van der Waals surface area contributed by atoms with Gasteiger partial charge in [0, 0.05) is 30.2 Å². The van der Waals surface area contributed by atoms with Crippen molar-refractivity contribution in [2.45, 2.75) is 50.5 Å². The average Bonchev–Trinajstić information content (AvgIpc) is 3.81. The molecular formula is C39H30ClF6N9O4S. The monoisotopic (exact) mass is 869 g/mol. The number of hydrogen-bond acceptors (Lipinski definition) is 8. The van der Waals surface area contributed by atoms with Crippen LogP contribution in [0, 0.1) is 17.5 Å². The van der Waals surface area contributed by atoms with Gasteiger partial charge in [-0.15, -0.1) is 0 Å². The van der Waals surface area contributed by atoms with Gasteiger partial charge in [-0.1, -0.05) is 23.7 Å². The normalized spacial score (nSPS) is 13.9. The summed E-state index contributed by atoms with van der Waals surface area (Å²) in [4.78, 5) is 37.9.